The van der Waals surface area contributed by atoms with Gasteiger partial charge in [-0.05, 0) is 23.4 Å². The minimum Gasteiger partial charge on any atom is -0.207 e. The van der Waals surface area contributed by atoms with Crippen LogP contribution in [0.15, 0.2) is 0 Å². The molecule has 0 unspecified atom stereocenters. The van der Waals surface area contributed by atoms with Gasteiger partial charge in [0, 0.05) is 0 Å². The van der Waals surface area contributed by atoms with Gasteiger partial charge in [0.25, 0.3) is 0 Å². The Hall–Kier alpha value is 0.270. The molecule has 0 radical (unpaired) electrons. The van der Waals surface area contributed by atoms with Crippen LogP contribution in [0.4, 0.5) is 0 Å². The molecule has 0 aromatic carbocycles. The maximum atomic E-state index is 4.50. The summed E-state index contributed by atoms with van der Waals surface area (Å²) >= 11 is 0. The topological polar surface area (TPSA) is 36.9 Å². The van der Waals surface area contributed by atoms with Gasteiger partial charge in [-0.25, -0.2) is 4.89 Å². The van der Waals surface area contributed by atoms with E-state index >= 15 is 0 Å². The van der Waals surface area contributed by atoms with Crippen molar-refractivity contribution >= 4 is 8.15 Å². The summed E-state index contributed by atoms with van der Waals surface area (Å²) in [4.78, 5) is 4.06. The highest BCUT2D eigenvalue weighted by Crippen LogP contribution is 2.25. The molecule has 8 heavy (non-hydrogen) atoms. The van der Waals surface area contributed by atoms with Gasteiger partial charge in [0.15, 0.2) is 0 Å². The molecular formula is C3H9O4P. The highest BCUT2D eigenvalue weighted by atomic mass is 31.1. The van der Waals surface area contributed by atoms with E-state index in [1.165, 1.54) is 7.11 Å². The smallest absolute Gasteiger partial charge is 0.0745 e. The van der Waals surface area contributed by atoms with E-state index in [2.05, 4.69) is 19.6 Å². The third kappa shape index (κ3) is 6.27. The molecule has 0 rings (SSSR count). The van der Waals surface area contributed by atoms with Crippen molar-refractivity contribution in [3.05, 3.63) is 0 Å². The van der Waals surface area contributed by atoms with E-state index in [1.54, 1.807) is 0 Å². The van der Waals surface area contributed by atoms with Gasteiger partial charge in [0.1, 0.15) is 0 Å². The van der Waals surface area contributed by atoms with Crippen LogP contribution in [0.25, 0.3) is 0 Å². The molecule has 0 N–H and O–H groups in total. The van der Waals surface area contributed by atoms with Crippen LogP contribution in [0, 0.1) is 0 Å². The van der Waals surface area contributed by atoms with Crippen LogP contribution in [-0.4, -0.2) is 20.4 Å². The molecule has 0 amide bonds. The van der Waals surface area contributed by atoms with Gasteiger partial charge in [0.2, 0.25) is 0 Å². The molecule has 0 fully saturated rings. The fourth-order valence-corrected chi connectivity index (χ4v) is 0.248. The van der Waals surface area contributed by atoms with E-state index in [-0.39, 0.29) is 0 Å². The van der Waals surface area contributed by atoms with Crippen LogP contribution in [0.3, 0.4) is 0 Å². The fourth-order valence-electron chi connectivity index (χ4n) is 0.101. The van der Waals surface area contributed by atoms with E-state index in [0.717, 1.165) is 0 Å². The average molecular weight is 140 g/mol. The molecule has 0 bridgehead atoms. The SMILES string of the molecule is COOOOP(C)C. The van der Waals surface area contributed by atoms with Crippen molar-refractivity contribution in [3.8, 4) is 0 Å². The van der Waals surface area contributed by atoms with Crippen molar-refractivity contribution in [3.63, 3.8) is 0 Å². The minimum atomic E-state index is -0.539. The maximum Gasteiger partial charge on any atom is 0.0745 e. The Morgan fingerprint density at radius 1 is 1.12 bits per heavy atom. The molecule has 0 atom stereocenters. The van der Waals surface area contributed by atoms with Crippen LogP contribution < -0.4 is 0 Å². The minimum absolute atomic E-state index is 0.539. The number of hydrogen-bond acceptors (Lipinski definition) is 4. The zero-order valence-corrected chi connectivity index (χ0v) is 5.97. The van der Waals surface area contributed by atoms with E-state index in [1.807, 2.05) is 13.3 Å². The molecule has 0 spiro atoms. The van der Waals surface area contributed by atoms with Crippen LogP contribution >= 0.6 is 8.15 Å². The predicted molar refractivity (Wildman–Crippen MR) is 29.0 cm³/mol. The zero-order chi connectivity index (χ0) is 6.41. The normalized spacial score (nSPS) is 10.5. The summed E-state index contributed by atoms with van der Waals surface area (Å²) in [6.45, 7) is 3.74. The first-order valence-electron chi connectivity index (χ1n) is 1.99. The summed E-state index contributed by atoms with van der Waals surface area (Å²) in [5.41, 5.74) is 0. The number of rotatable bonds is 4. The Morgan fingerprint density at radius 2 is 1.75 bits per heavy atom. The van der Waals surface area contributed by atoms with Crippen molar-refractivity contribution in [2.45, 2.75) is 0 Å². The third-order valence-corrected chi connectivity index (χ3v) is 0.634. The highest BCUT2D eigenvalue weighted by Gasteiger charge is 1.91. The second-order valence-corrected chi connectivity index (χ2v) is 2.96. The zero-order valence-electron chi connectivity index (χ0n) is 5.08. The standard InChI is InChI=1S/C3H9O4P/c1-4-5-6-7-8(2)3/h1-3H3. The van der Waals surface area contributed by atoms with Crippen LogP contribution in [0.1, 0.15) is 0 Å². The van der Waals surface area contributed by atoms with Gasteiger partial charge in [-0.2, -0.15) is 4.67 Å². The second-order valence-electron chi connectivity index (χ2n) is 1.19. The first kappa shape index (κ1) is 8.27. The predicted octanol–water partition coefficient (Wildman–Crippen LogP) is 1.08. The van der Waals surface area contributed by atoms with Gasteiger partial charge in [-0.15, -0.1) is 0 Å². The summed E-state index contributed by atoms with van der Waals surface area (Å²) in [5.74, 6) is 0. The van der Waals surface area contributed by atoms with Crippen molar-refractivity contribution in [1.82, 2.24) is 0 Å². The molecular weight excluding hydrogens is 131 g/mol. The molecule has 0 aliphatic rings. The van der Waals surface area contributed by atoms with E-state index in [9.17, 15) is 0 Å². The van der Waals surface area contributed by atoms with Gasteiger partial charge < -0.3 is 0 Å². The number of hydrogen-bond donors (Lipinski definition) is 0. The lowest BCUT2D eigenvalue weighted by molar-refractivity contribution is -0.600. The molecule has 50 valence electrons. The summed E-state index contributed by atoms with van der Waals surface area (Å²) < 4.78 is 4.50. The Balaban J connectivity index is 2.72. The fraction of sp³-hybridized carbons (Fsp3) is 1.00. The van der Waals surface area contributed by atoms with Gasteiger partial charge in [0.05, 0.1) is 15.3 Å². The largest absolute Gasteiger partial charge is 0.207 e. The van der Waals surface area contributed by atoms with Gasteiger partial charge in [-0.3, -0.25) is 0 Å². The Bertz CT molecular complexity index is 48.5. The van der Waals surface area contributed by atoms with Crippen molar-refractivity contribution in [1.29, 1.82) is 0 Å². The molecule has 5 heteroatoms. The highest BCUT2D eigenvalue weighted by molar-refractivity contribution is 7.50. The first-order chi connectivity index (χ1) is 3.77. The Morgan fingerprint density at radius 3 is 2.12 bits per heavy atom. The van der Waals surface area contributed by atoms with Crippen molar-refractivity contribution in [2.24, 2.45) is 0 Å². The van der Waals surface area contributed by atoms with E-state index < -0.39 is 8.15 Å². The summed E-state index contributed by atoms with van der Waals surface area (Å²) in [6.07, 6.45) is 0. The third-order valence-electron chi connectivity index (χ3n) is 0.275. The Labute approximate surface area is 49.3 Å². The molecule has 0 aliphatic heterocycles. The van der Waals surface area contributed by atoms with E-state index in [0.29, 0.717) is 0 Å². The van der Waals surface area contributed by atoms with Crippen molar-refractivity contribution in [2.75, 3.05) is 20.4 Å². The summed E-state index contributed by atoms with van der Waals surface area (Å²) in [5, 5.41) is 7.99. The molecule has 0 saturated carbocycles. The van der Waals surface area contributed by atoms with Gasteiger partial charge in [-0.1, -0.05) is 0 Å². The molecule has 0 heterocycles. The maximum absolute atomic E-state index is 4.50. The first-order valence-corrected chi connectivity index (χ1v) is 4.14. The monoisotopic (exact) mass is 140 g/mol. The van der Waals surface area contributed by atoms with Crippen LogP contribution in [0.2, 0.25) is 0 Å². The van der Waals surface area contributed by atoms with Crippen LogP contribution in [-0.2, 0) is 19.6 Å². The lowest BCUT2D eigenvalue weighted by Gasteiger charge is -2.00. The molecule has 0 saturated heterocycles. The molecule has 0 aromatic heterocycles. The quantitative estimate of drug-likeness (QED) is 0.253. The molecule has 0 aromatic rings. The lowest BCUT2D eigenvalue weighted by Crippen LogP contribution is -1.89. The molecule has 0 aliphatic carbocycles. The average Bonchev–Trinajstić information content (AvgIpc) is 1.66. The lowest BCUT2D eigenvalue weighted by atomic mass is 11.8. The summed E-state index contributed by atoms with van der Waals surface area (Å²) in [7, 11) is 0.791. The van der Waals surface area contributed by atoms with Crippen molar-refractivity contribution < 1.29 is 19.6 Å². The Kier molecular flexibility index (Phi) is 5.59. The van der Waals surface area contributed by atoms with Crippen LogP contribution in [0.5, 0.6) is 0 Å². The summed E-state index contributed by atoms with van der Waals surface area (Å²) in [6, 6.07) is 0. The molecule has 4 nitrogen and oxygen atoms in total. The second kappa shape index (κ2) is 5.41. The van der Waals surface area contributed by atoms with Gasteiger partial charge >= 0.3 is 0 Å². The van der Waals surface area contributed by atoms with E-state index in [4.69, 9.17) is 0 Å².